The third-order valence-electron chi connectivity index (χ3n) is 4.56. The van der Waals surface area contributed by atoms with Crippen molar-refractivity contribution in [2.24, 2.45) is 10.7 Å². The van der Waals surface area contributed by atoms with Crippen LogP contribution in [0.3, 0.4) is 0 Å². The zero-order chi connectivity index (χ0) is 18.1. The molecule has 134 valence electrons. The molecule has 0 bridgehead atoms. The highest BCUT2D eigenvalue weighted by atomic mass is 32.2. The lowest BCUT2D eigenvalue weighted by atomic mass is 9.82. The molecule has 1 spiro atoms. The van der Waals surface area contributed by atoms with E-state index in [0.717, 1.165) is 36.1 Å². The van der Waals surface area contributed by atoms with Gasteiger partial charge in [-0.25, -0.2) is 9.37 Å². The van der Waals surface area contributed by atoms with Gasteiger partial charge in [0.25, 0.3) is 5.91 Å². The van der Waals surface area contributed by atoms with Crippen LogP contribution in [0.5, 0.6) is 5.75 Å². The van der Waals surface area contributed by atoms with Crippen molar-refractivity contribution in [2.45, 2.75) is 18.4 Å². The summed E-state index contributed by atoms with van der Waals surface area (Å²) < 4.78 is 18.7. The van der Waals surface area contributed by atoms with E-state index in [-0.39, 0.29) is 5.69 Å². The number of ether oxygens (including phenoxy) is 1. The van der Waals surface area contributed by atoms with Crippen LogP contribution < -0.4 is 15.8 Å². The summed E-state index contributed by atoms with van der Waals surface area (Å²) in [6.07, 6.45) is 2.63. The smallest absolute Gasteiger partial charge is 0.274 e. The molecule has 3 heterocycles. The summed E-state index contributed by atoms with van der Waals surface area (Å²) in [4.78, 5) is 20.9. The second kappa shape index (κ2) is 6.60. The Bertz CT molecular complexity index is 887. The third-order valence-corrected chi connectivity index (χ3v) is 5.36. The van der Waals surface area contributed by atoms with Crippen molar-refractivity contribution in [2.75, 3.05) is 17.7 Å². The molecule has 1 atom stereocenters. The first-order valence-electron chi connectivity index (χ1n) is 8.24. The molecule has 2 aliphatic heterocycles. The molecular weight excluding hydrogens is 355 g/mol. The molecule has 6 nitrogen and oxygen atoms in total. The lowest BCUT2D eigenvalue weighted by Crippen LogP contribution is -2.36. The second-order valence-electron chi connectivity index (χ2n) is 6.21. The van der Waals surface area contributed by atoms with E-state index in [0.29, 0.717) is 17.5 Å². The Morgan fingerprint density at radius 3 is 2.96 bits per heavy atom. The van der Waals surface area contributed by atoms with E-state index >= 15 is 0 Å². The molecular formula is C18H17FN4O2S. The fraction of sp³-hybridized carbons (Fsp3) is 0.278. The first-order valence-corrected chi connectivity index (χ1v) is 9.23. The SMILES string of the molecule is NC1=NC2(CCOc3ccc(NC(=O)c4ccc(F)cn4)cc32)CCS1. The standard InChI is InChI=1S/C18H17FN4O2S/c19-11-1-3-14(21-10-11)16(24)22-12-2-4-15-13(9-12)18(5-7-25-15)6-8-26-17(20)23-18/h1-4,9-10H,5-8H2,(H2,20,23)(H,22,24). The quantitative estimate of drug-likeness (QED) is 0.846. The van der Waals surface area contributed by atoms with Crippen molar-refractivity contribution in [3.05, 3.63) is 53.6 Å². The monoisotopic (exact) mass is 372 g/mol. The minimum absolute atomic E-state index is 0.145. The summed E-state index contributed by atoms with van der Waals surface area (Å²) in [6.45, 7) is 0.583. The van der Waals surface area contributed by atoms with E-state index in [9.17, 15) is 9.18 Å². The number of hydrogen-bond donors (Lipinski definition) is 2. The largest absolute Gasteiger partial charge is 0.493 e. The number of aromatic nitrogens is 1. The molecule has 2 aliphatic rings. The summed E-state index contributed by atoms with van der Waals surface area (Å²) >= 11 is 1.55. The van der Waals surface area contributed by atoms with Crippen LogP contribution in [0.4, 0.5) is 10.1 Å². The zero-order valence-electron chi connectivity index (χ0n) is 13.9. The van der Waals surface area contributed by atoms with Gasteiger partial charge in [0.1, 0.15) is 17.3 Å². The van der Waals surface area contributed by atoms with Gasteiger partial charge in [0.05, 0.1) is 18.3 Å². The van der Waals surface area contributed by atoms with Crippen molar-refractivity contribution in [3.63, 3.8) is 0 Å². The number of aliphatic imine (C=N–C) groups is 1. The predicted molar refractivity (Wildman–Crippen MR) is 99.1 cm³/mol. The van der Waals surface area contributed by atoms with Gasteiger partial charge in [0, 0.05) is 23.4 Å². The van der Waals surface area contributed by atoms with E-state index in [2.05, 4.69) is 10.3 Å². The van der Waals surface area contributed by atoms with Gasteiger partial charge in [0.15, 0.2) is 5.17 Å². The number of carbonyl (C=O) groups excluding carboxylic acids is 1. The highest BCUT2D eigenvalue weighted by Gasteiger charge is 2.39. The van der Waals surface area contributed by atoms with Gasteiger partial charge in [-0.05, 0) is 36.8 Å². The number of thioether (sulfide) groups is 1. The lowest BCUT2D eigenvalue weighted by molar-refractivity contribution is 0.102. The van der Waals surface area contributed by atoms with Crippen molar-refractivity contribution >= 4 is 28.5 Å². The maximum Gasteiger partial charge on any atom is 0.274 e. The summed E-state index contributed by atoms with van der Waals surface area (Å²) in [5, 5.41) is 3.37. The topological polar surface area (TPSA) is 89.6 Å². The number of hydrogen-bond acceptors (Lipinski definition) is 6. The molecule has 2 aromatic rings. The number of benzene rings is 1. The van der Waals surface area contributed by atoms with Gasteiger partial charge in [-0.2, -0.15) is 0 Å². The second-order valence-corrected chi connectivity index (χ2v) is 7.32. The molecule has 0 aliphatic carbocycles. The van der Waals surface area contributed by atoms with Crippen LogP contribution in [0, 0.1) is 5.82 Å². The number of carbonyl (C=O) groups is 1. The van der Waals surface area contributed by atoms with Crippen molar-refractivity contribution in [3.8, 4) is 5.75 Å². The average molecular weight is 372 g/mol. The number of nitrogens with one attached hydrogen (secondary N) is 1. The Balaban J connectivity index is 1.65. The molecule has 1 amide bonds. The molecule has 3 N–H and O–H groups in total. The molecule has 26 heavy (non-hydrogen) atoms. The number of amidine groups is 1. The normalized spacial score (nSPS) is 21.5. The van der Waals surface area contributed by atoms with E-state index in [1.807, 2.05) is 12.1 Å². The van der Waals surface area contributed by atoms with Crippen molar-refractivity contribution in [1.82, 2.24) is 4.98 Å². The first-order chi connectivity index (χ1) is 12.6. The molecule has 1 aromatic heterocycles. The van der Waals surface area contributed by atoms with Gasteiger partial charge in [-0.3, -0.25) is 9.79 Å². The van der Waals surface area contributed by atoms with E-state index in [1.54, 1.807) is 17.8 Å². The number of amides is 1. The molecule has 0 radical (unpaired) electrons. The molecule has 1 unspecified atom stereocenters. The van der Waals surface area contributed by atoms with Crippen LogP contribution in [0.2, 0.25) is 0 Å². The Morgan fingerprint density at radius 2 is 2.19 bits per heavy atom. The molecule has 1 aromatic carbocycles. The molecule has 8 heteroatoms. The van der Waals surface area contributed by atoms with Crippen LogP contribution in [0.15, 0.2) is 41.5 Å². The van der Waals surface area contributed by atoms with Gasteiger partial charge in [-0.1, -0.05) is 11.8 Å². The van der Waals surface area contributed by atoms with Crippen LogP contribution >= 0.6 is 11.8 Å². The number of anilines is 1. The number of nitrogens with zero attached hydrogens (tertiary/aromatic N) is 2. The fourth-order valence-electron chi connectivity index (χ4n) is 3.27. The van der Waals surface area contributed by atoms with E-state index in [4.69, 9.17) is 15.5 Å². The van der Waals surface area contributed by atoms with Crippen LogP contribution in [0.1, 0.15) is 28.9 Å². The van der Waals surface area contributed by atoms with Gasteiger partial charge in [0.2, 0.25) is 0 Å². The Hall–Kier alpha value is -2.61. The summed E-state index contributed by atoms with van der Waals surface area (Å²) in [5.74, 6) is 0.765. The number of rotatable bonds is 2. The molecule has 0 saturated carbocycles. The first kappa shape index (κ1) is 16.8. The number of pyridine rings is 1. The molecule has 4 rings (SSSR count). The lowest BCUT2D eigenvalue weighted by Gasteiger charge is -2.38. The summed E-state index contributed by atoms with van der Waals surface area (Å²) in [6, 6.07) is 8.02. The molecule has 0 saturated heterocycles. The number of fused-ring (bicyclic) bond motifs is 2. The van der Waals surface area contributed by atoms with Crippen LogP contribution in [0.25, 0.3) is 0 Å². The van der Waals surface area contributed by atoms with Gasteiger partial charge in [-0.15, -0.1) is 0 Å². The minimum Gasteiger partial charge on any atom is -0.493 e. The number of nitrogens with two attached hydrogens (primary N) is 1. The maximum atomic E-state index is 13.0. The van der Waals surface area contributed by atoms with Crippen LogP contribution in [-0.4, -0.2) is 28.4 Å². The van der Waals surface area contributed by atoms with E-state index in [1.165, 1.54) is 12.1 Å². The third kappa shape index (κ3) is 3.12. The highest BCUT2D eigenvalue weighted by molar-refractivity contribution is 8.13. The Kier molecular flexibility index (Phi) is 4.28. The minimum atomic E-state index is -0.486. The fourth-order valence-corrected chi connectivity index (χ4v) is 4.15. The maximum absolute atomic E-state index is 13.0. The Morgan fingerprint density at radius 1 is 1.31 bits per heavy atom. The highest BCUT2D eigenvalue weighted by Crippen LogP contribution is 2.46. The summed E-state index contributed by atoms with van der Waals surface area (Å²) in [5.41, 5.74) is 7.24. The number of halogens is 1. The predicted octanol–water partition coefficient (Wildman–Crippen LogP) is 2.90. The van der Waals surface area contributed by atoms with Crippen LogP contribution in [-0.2, 0) is 5.54 Å². The average Bonchev–Trinajstić information content (AvgIpc) is 2.63. The van der Waals surface area contributed by atoms with Gasteiger partial charge >= 0.3 is 0 Å². The zero-order valence-corrected chi connectivity index (χ0v) is 14.7. The Labute approximate surface area is 154 Å². The van der Waals surface area contributed by atoms with Crippen molar-refractivity contribution in [1.29, 1.82) is 0 Å². The summed E-state index contributed by atoms with van der Waals surface area (Å²) in [7, 11) is 0. The molecule has 0 fully saturated rings. The van der Waals surface area contributed by atoms with Gasteiger partial charge < -0.3 is 15.8 Å². The van der Waals surface area contributed by atoms with E-state index < -0.39 is 17.3 Å². The van der Waals surface area contributed by atoms with Crippen molar-refractivity contribution < 1.29 is 13.9 Å².